The predicted molar refractivity (Wildman–Crippen MR) is 92.9 cm³/mol. The van der Waals surface area contributed by atoms with Gasteiger partial charge in [-0.25, -0.2) is 8.42 Å². The third-order valence-electron chi connectivity index (χ3n) is 3.54. The number of benzene rings is 2. The number of rotatable bonds is 7. The molecule has 0 unspecified atom stereocenters. The molecular formula is C17H19NO6S. The Kier molecular flexibility index (Phi) is 5.53. The van der Waals surface area contributed by atoms with Crippen LogP contribution < -0.4 is 13.8 Å². The van der Waals surface area contributed by atoms with Gasteiger partial charge in [0.15, 0.2) is 0 Å². The van der Waals surface area contributed by atoms with E-state index in [2.05, 4.69) is 0 Å². The van der Waals surface area contributed by atoms with Crippen LogP contribution in [0.25, 0.3) is 0 Å². The van der Waals surface area contributed by atoms with Gasteiger partial charge in [0, 0.05) is 6.07 Å². The second-order valence-electron chi connectivity index (χ2n) is 5.26. The Hall–Kier alpha value is -2.74. The van der Waals surface area contributed by atoms with Crippen molar-refractivity contribution in [2.24, 2.45) is 0 Å². The van der Waals surface area contributed by atoms with Crippen LogP contribution in [0.2, 0.25) is 0 Å². The van der Waals surface area contributed by atoms with Gasteiger partial charge in [-0.15, -0.1) is 0 Å². The van der Waals surface area contributed by atoms with Crippen molar-refractivity contribution in [1.82, 2.24) is 0 Å². The van der Waals surface area contributed by atoms with E-state index in [-0.39, 0.29) is 16.3 Å². The van der Waals surface area contributed by atoms with Gasteiger partial charge < -0.3 is 14.6 Å². The van der Waals surface area contributed by atoms with Crippen LogP contribution in [0.4, 0.5) is 5.69 Å². The molecule has 0 bridgehead atoms. The number of ether oxygens (including phenoxy) is 2. The first kappa shape index (κ1) is 18.6. The number of carbonyl (C=O) groups is 1. The van der Waals surface area contributed by atoms with Crippen molar-refractivity contribution >= 4 is 21.7 Å². The summed E-state index contributed by atoms with van der Waals surface area (Å²) in [5, 5.41) is 9.21. The highest BCUT2D eigenvalue weighted by atomic mass is 32.2. The lowest BCUT2D eigenvalue weighted by molar-refractivity contribution is -0.135. The minimum Gasteiger partial charge on any atom is -0.497 e. The quantitative estimate of drug-likeness (QED) is 0.809. The number of hydrogen-bond acceptors (Lipinski definition) is 5. The normalized spacial score (nSPS) is 11.0. The first-order valence-corrected chi connectivity index (χ1v) is 8.77. The molecule has 1 N–H and O–H groups in total. The molecule has 0 atom stereocenters. The van der Waals surface area contributed by atoms with Gasteiger partial charge in [-0.2, -0.15) is 0 Å². The molecule has 25 heavy (non-hydrogen) atoms. The zero-order chi connectivity index (χ0) is 18.6. The SMILES string of the molecule is COc1ccc(OC)c(N(CC(=O)O)S(=O)(=O)c2ccc(C)cc2)c1. The fraction of sp³-hybridized carbons (Fsp3) is 0.235. The zero-order valence-corrected chi connectivity index (χ0v) is 14.9. The van der Waals surface area contributed by atoms with Crippen LogP contribution in [0.1, 0.15) is 5.56 Å². The lowest BCUT2D eigenvalue weighted by atomic mass is 10.2. The molecule has 0 aliphatic carbocycles. The van der Waals surface area contributed by atoms with E-state index in [0.717, 1.165) is 9.87 Å². The highest BCUT2D eigenvalue weighted by Crippen LogP contribution is 2.35. The Morgan fingerprint density at radius 3 is 2.24 bits per heavy atom. The van der Waals surface area contributed by atoms with Crippen LogP contribution in [-0.2, 0) is 14.8 Å². The Labute approximate surface area is 146 Å². The van der Waals surface area contributed by atoms with E-state index in [1.807, 2.05) is 6.92 Å². The van der Waals surface area contributed by atoms with Crippen molar-refractivity contribution in [2.45, 2.75) is 11.8 Å². The maximum atomic E-state index is 13.0. The molecule has 0 fully saturated rings. The number of sulfonamides is 1. The van der Waals surface area contributed by atoms with E-state index in [1.54, 1.807) is 18.2 Å². The van der Waals surface area contributed by atoms with E-state index in [0.29, 0.717) is 5.75 Å². The molecule has 2 rings (SSSR count). The smallest absolute Gasteiger partial charge is 0.324 e. The first-order valence-electron chi connectivity index (χ1n) is 7.33. The largest absolute Gasteiger partial charge is 0.497 e. The number of aliphatic carboxylic acids is 1. The first-order chi connectivity index (χ1) is 11.8. The van der Waals surface area contributed by atoms with Gasteiger partial charge in [-0.3, -0.25) is 9.10 Å². The summed E-state index contributed by atoms with van der Waals surface area (Å²) >= 11 is 0. The highest BCUT2D eigenvalue weighted by Gasteiger charge is 2.29. The molecular weight excluding hydrogens is 346 g/mol. The Morgan fingerprint density at radius 2 is 1.72 bits per heavy atom. The van der Waals surface area contributed by atoms with Crippen LogP contribution in [-0.4, -0.2) is 40.3 Å². The molecule has 0 saturated carbocycles. The lowest BCUT2D eigenvalue weighted by Gasteiger charge is -2.25. The summed E-state index contributed by atoms with van der Waals surface area (Å²) in [7, 11) is -1.30. The van der Waals surface area contributed by atoms with E-state index in [1.165, 1.54) is 38.5 Å². The van der Waals surface area contributed by atoms with Gasteiger partial charge in [0.2, 0.25) is 0 Å². The number of carboxylic acid groups (broad SMARTS) is 1. The van der Waals surface area contributed by atoms with E-state index in [9.17, 15) is 18.3 Å². The third kappa shape index (κ3) is 4.03. The van der Waals surface area contributed by atoms with Gasteiger partial charge in [0.05, 0.1) is 24.8 Å². The van der Waals surface area contributed by atoms with Crippen LogP contribution in [0.5, 0.6) is 11.5 Å². The highest BCUT2D eigenvalue weighted by molar-refractivity contribution is 7.92. The van der Waals surface area contributed by atoms with Crippen LogP contribution in [0.3, 0.4) is 0 Å². The van der Waals surface area contributed by atoms with Crippen LogP contribution in [0.15, 0.2) is 47.4 Å². The second kappa shape index (κ2) is 7.43. The Bertz CT molecular complexity index is 861. The lowest BCUT2D eigenvalue weighted by Crippen LogP contribution is -2.36. The molecule has 134 valence electrons. The maximum Gasteiger partial charge on any atom is 0.324 e. The summed E-state index contributed by atoms with van der Waals surface area (Å²) in [5.74, 6) is -0.691. The summed E-state index contributed by atoms with van der Waals surface area (Å²) in [6.45, 7) is 1.08. The minimum atomic E-state index is -4.11. The summed E-state index contributed by atoms with van der Waals surface area (Å²) < 4.78 is 37.1. The molecule has 0 heterocycles. The predicted octanol–water partition coefficient (Wildman–Crippen LogP) is 2.29. The van der Waals surface area contributed by atoms with E-state index >= 15 is 0 Å². The molecule has 0 spiro atoms. The monoisotopic (exact) mass is 365 g/mol. The van der Waals surface area contributed by atoms with Crippen LogP contribution in [0, 0.1) is 6.92 Å². The van der Waals surface area contributed by atoms with E-state index in [4.69, 9.17) is 9.47 Å². The van der Waals surface area contributed by atoms with Crippen molar-refractivity contribution < 1.29 is 27.8 Å². The molecule has 7 nitrogen and oxygen atoms in total. The van der Waals surface area contributed by atoms with Crippen LogP contribution >= 0.6 is 0 Å². The molecule has 0 aliphatic heterocycles. The maximum absolute atomic E-state index is 13.0. The number of nitrogens with zero attached hydrogens (tertiary/aromatic N) is 1. The molecule has 0 aliphatic rings. The molecule has 0 saturated heterocycles. The number of carboxylic acids is 1. The summed E-state index contributed by atoms with van der Waals surface area (Å²) in [5.41, 5.74) is 0.979. The topological polar surface area (TPSA) is 93.1 Å². The molecule has 2 aromatic rings. The zero-order valence-electron chi connectivity index (χ0n) is 14.1. The number of anilines is 1. The van der Waals surface area contributed by atoms with Gasteiger partial charge in [0.25, 0.3) is 10.0 Å². The standard InChI is InChI=1S/C17H19NO6S/c1-12-4-7-14(8-5-12)25(21,22)18(11-17(19)20)15-10-13(23-2)6-9-16(15)24-3/h4-10H,11H2,1-3H3,(H,19,20). The Morgan fingerprint density at radius 1 is 1.08 bits per heavy atom. The Balaban J connectivity index is 2.64. The van der Waals surface area contributed by atoms with Crippen molar-refractivity contribution in [3.8, 4) is 11.5 Å². The fourth-order valence-corrected chi connectivity index (χ4v) is 3.67. The average molecular weight is 365 g/mol. The van der Waals surface area contributed by atoms with E-state index < -0.39 is 22.5 Å². The van der Waals surface area contributed by atoms with Gasteiger partial charge >= 0.3 is 5.97 Å². The summed E-state index contributed by atoms with van der Waals surface area (Å²) in [4.78, 5) is 11.3. The molecule has 2 aromatic carbocycles. The summed E-state index contributed by atoms with van der Waals surface area (Å²) in [6, 6.07) is 10.7. The summed E-state index contributed by atoms with van der Waals surface area (Å²) in [6.07, 6.45) is 0. The molecule has 0 radical (unpaired) electrons. The van der Waals surface area contributed by atoms with Crippen molar-refractivity contribution in [3.63, 3.8) is 0 Å². The van der Waals surface area contributed by atoms with Gasteiger partial charge in [-0.1, -0.05) is 17.7 Å². The molecule has 0 amide bonds. The van der Waals surface area contributed by atoms with Crippen molar-refractivity contribution in [1.29, 1.82) is 0 Å². The number of aryl methyl sites for hydroxylation is 1. The molecule has 0 aromatic heterocycles. The number of methoxy groups -OCH3 is 2. The molecule has 8 heteroatoms. The third-order valence-corrected chi connectivity index (χ3v) is 5.32. The van der Waals surface area contributed by atoms with Gasteiger partial charge in [0.1, 0.15) is 18.0 Å². The van der Waals surface area contributed by atoms with Gasteiger partial charge in [-0.05, 0) is 31.2 Å². The van der Waals surface area contributed by atoms with Crippen molar-refractivity contribution in [3.05, 3.63) is 48.0 Å². The second-order valence-corrected chi connectivity index (χ2v) is 7.12. The van der Waals surface area contributed by atoms with Crippen molar-refractivity contribution in [2.75, 3.05) is 25.1 Å². The number of hydrogen-bond donors (Lipinski definition) is 1. The fourth-order valence-electron chi connectivity index (χ4n) is 2.25. The average Bonchev–Trinajstić information content (AvgIpc) is 2.59. The minimum absolute atomic E-state index is 0.00998.